The molecule has 1 amide bonds. The molecule has 29 heavy (non-hydrogen) atoms. The number of amides is 1. The Morgan fingerprint density at radius 1 is 1.28 bits per heavy atom. The van der Waals surface area contributed by atoms with Crippen LogP contribution in [0, 0.1) is 0 Å². The van der Waals surface area contributed by atoms with Crippen LogP contribution in [0.2, 0.25) is 0 Å². The average Bonchev–Trinajstić information content (AvgIpc) is 3.50. The summed E-state index contributed by atoms with van der Waals surface area (Å²) >= 11 is 3.12. The first-order chi connectivity index (χ1) is 14.2. The van der Waals surface area contributed by atoms with Gasteiger partial charge in [-0.1, -0.05) is 30.4 Å². The number of thiazole rings is 2. The number of fused-ring (bicyclic) bond motifs is 2. The van der Waals surface area contributed by atoms with Gasteiger partial charge in [0, 0.05) is 12.2 Å². The van der Waals surface area contributed by atoms with Crippen LogP contribution < -0.4 is 4.90 Å². The zero-order chi connectivity index (χ0) is 19.8. The topological polar surface area (TPSA) is 55.3 Å². The smallest absolute Gasteiger partial charge is 0.260 e. The number of hydrogen-bond donors (Lipinski definition) is 0. The zero-order valence-corrected chi connectivity index (χ0v) is 17.8. The minimum absolute atomic E-state index is 0.0343. The van der Waals surface area contributed by atoms with E-state index >= 15 is 0 Å². The van der Waals surface area contributed by atoms with E-state index in [-0.39, 0.29) is 12.0 Å². The first kappa shape index (κ1) is 18.7. The number of aryl methyl sites for hydroxylation is 1. The van der Waals surface area contributed by atoms with Crippen molar-refractivity contribution in [1.29, 1.82) is 0 Å². The van der Waals surface area contributed by atoms with Gasteiger partial charge in [0.15, 0.2) is 5.13 Å². The van der Waals surface area contributed by atoms with Gasteiger partial charge in [-0.2, -0.15) is 0 Å². The van der Waals surface area contributed by atoms with Gasteiger partial charge in [-0.05, 0) is 49.1 Å². The lowest BCUT2D eigenvalue weighted by Gasteiger charge is -2.23. The van der Waals surface area contributed by atoms with Gasteiger partial charge in [-0.15, -0.1) is 11.3 Å². The molecule has 2 aromatic carbocycles. The zero-order valence-electron chi connectivity index (χ0n) is 16.1. The Balaban J connectivity index is 1.56. The van der Waals surface area contributed by atoms with E-state index in [1.807, 2.05) is 28.6 Å². The second-order valence-corrected chi connectivity index (χ2v) is 9.09. The number of ether oxygens (including phenoxy) is 1. The number of para-hydroxylation sites is 1. The predicted octanol–water partition coefficient (Wildman–Crippen LogP) is 5.29. The molecule has 0 radical (unpaired) electrons. The molecule has 5 rings (SSSR count). The Labute approximate surface area is 177 Å². The maximum atomic E-state index is 13.6. The number of anilines is 1. The van der Waals surface area contributed by atoms with Crippen LogP contribution >= 0.6 is 22.7 Å². The fraction of sp³-hybridized carbons (Fsp3) is 0.318. The average molecular weight is 424 g/mol. The Morgan fingerprint density at radius 2 is 2.21 bits per heavy atom. The van der Waals surface area contributed by atoms with Crippen molar-refractivity contribution in [2.24, 2.45) is 0 Å². The van der Waals surface area contributed by atoms with Crippen molar-refractivity contribution in [3.05, 3.63) is 53.0 Å². The number of benzene rings is 2. The third-order valence-corrected chi connectivity index (χ3v) is 7.17. The van der Waals surface area contributed by atoms with Crippen LogP contribution in [-0.4, -0.2) is 35.1 Å². The molecule has 2 aromatic heterocycles. The van der Waals surface area contributed by atoms with Crippen molar-refractivity contribution in [2.45, 2.75) is 32.3 Å². The van der Waals surface area contributed by atoms with Crippen molar-refractivity contribution < 1.29 is 9.53 Å². The van der Waals surface area contributed by atoms with Gasteiger partial charge in [0.25, 0.3) is 5.91 Å². The van der Waals surface area contributed by atoms with Crippen molar-refractivity contribution in [2.75, 3.05) is 18.1 Å². The molecule has 1 unspecified atom stereocenters. The van der Waals surface area contributed by atoms with Crippen molar-refractivity contribution in [3.8, 4) is 0 Å². The largest absolute Gasteiger partial charge is 0.376 e. The highest BCUT2D eigenvalue weighted by molar-refractivity contribution is 7.22. The minimum atomic E-state index is -0.0343. The van der Waals surface area contributed by atoms with Crippen LogP contribution in [-0.2, 0) is 11.2 Å². The molecule has 0 spiro atoms. The fourth-order valence-electron chi connectivity index (χ4n) is 3.78. The van der Waals surface area contributed by atoms with Gasteiger partial charge in [-0.3, -0.25) is 9.69 Å². The van der Waals surface area contributed by atoms with Crippen LogP contribution in [0.15, 0.2) is 41.9 Å². The van der Waals surface area contributed by atoms with Crippen LogP contribution in [0.25, 0.3) is 20.4 Å². The molecule has 5 nitrogen and oxygen atoms in total. The molecule has 1 fully saturated rings. The predicted molar refractivity (Wildman–Crippen MR) is 119 cm³/mol. The first-order valence-electron chi connectivity index (χ1n) is 9.88. The van der Waals surface area contributed by atoms with Crippen molar-refractivity contribution in [1.82, 2.24) is 9.97 Å². The van der Waals surface area contributed by atoms with Gasteiger partial charge >= 0.3 is 0 Å². The summed E-state index contributed by atoms with van der Waals surface area (Å²) in [5, 5.41) is 0.741. The number of rotatable bonds is 5. The molecule has 1 saturated heterocycles. The molecule has 0 bridgehead atoms. The lowest BCUT2D eigenvalue weighted by Crippen LogP contribution is -2.37. The maximum absolute atomic E-state index is 13.6. The van der Waals surface area contributed by atoms with Gasteiger partial charge in [-0.25, -0.2) is 9.97 Å². The van der Waals surface area contributed by atoms with E-state index in [0.717, 1.165) is 51.4 Å². The Morgan fingerprint density at radius 3 is 3.03 bits per heavy atom. The minimum Gasteiger partial charge on any atom is -0.376 e. The van der Waals surface area contributed by atoms with E-state index in [1.165, 1.54) is 5.56 Å². The third kappa shape index (κ3) is 3.54. The molecule has 7 heteroatoms. The number of aromatic nitrogens is 2. The van der Waals surface area contributed by atoms with E-state index in [4.69, 9.17) is 9.72 Å². The number of nitrogens with zero attached hydrogens (tertiary/aromatic N) is 3. The molecule has 1 aliphatic rings. The highest BCUT2D eigenvalue weighted by Gasteiger charge is 2.27. The quantitative estimate of drug-likeness (QED) is 0.437. The van der Waals surface area contributed by atoms with Crippen LogP contribution in [0.3, 0.4) is 0 Å². The third-order valence-electron chi connectivity index (χ3n) is 5.34. The maximum Gasteiger partial charge on any atom is 0.260 e. The normalized spacial score (nSPS) is 16.7. The van der Waals surface area contributed by atoms with E-state index in [2.05, 4.69) is 30.1 Å². The van der Waals surface area contributed by atoms with Crippen molar-refractivity contribution >= 4 is 54.1 Å². The molecule has 148 valence electrons. The summed E-state index contributed by atoms with van der Waals surface area (Å²) in [4.78, 5) is 24.6. The highest BCUT2D eigenvalue weighted by atomic mass is 32.1. The molecule has 1 atom stereocenters. The summed E-state index contributed by atoms with van der Waals surface area (Å²) < 4.78 is 7.98. The van der Waals surface area contributed by atoms with Gasteiger partial charge in [0.2, 0.25) is 0 Å². The molecule has 0 N–H and O–H groups in total. The van der Waals surface area contributed by atoms with E-state index < -0.39 is 0 Å². The molecular formula is C22H21N3O2S2. The van der Waals surface area contributed by atoms with Crippen LogP contribution in [0.1, 0.15) is 35.7 Å². The summed E-state index contributed by atoms with van der Waals surface area (Å²) in [6.07, 6.45) is 2.99. The monoisotopic (exact) mass is 423 g/mol. The standard InChI is InChI=1S/C22H21N3O2S2/c1-2-14-5-3-7-18-20(14)24-22(29-18)25(12-16-6-4-10-27-16)21(26)15-8-9-17-19(11-15)28-13-23-17/h3,5,7-9,11,13,16H,2,4,6,10,12H2,1H3. The summed E-state index contributed by atoms with van der Waals surface area (Å²) in [6, 6.07) is 12.0. The van der Waals surface area contributed by atoms with Gasteiger partial charge in [0.05, 0.1) is 38.6 Å². The molecule has 0 saturated carbocycles. The second kappa shape index (κ2) is 7.82. The number of carbonyl (C=O) groups is 1. The second-order valence-electron chi connectivity index (χ2n) is 7.20. The van der Waals surface area contributed by atoms with Gasteiger partial charge in [0.1, 0.15) is 0 Å². The summed E-state index contributed by atoms with van der Waals surface area (Å²) in [7, 11) is 0. The Bertz CT molecular complexity index is 1180. The molecule has 0 aliphatic carbocycles. The Kier molecular flexibility index (Phi) is 5.03. The molecule has 4 aromatic rings. The summed E-state index contributed by atoms with van der Waals surface area (Å²) in [5.41, 5.74) is 5.60. The number of carbonyl (C=O) groups excluding carboxylic acids is 1. The van der Waals surface area contributed by atoms with E-state index in [0.29, 0.717) is 12.1 Å². The first-order valence-corrected chi connectivity index (χ1v) is 11.6. The number of hydrogen-bond acceptors (Lipinski definition) is 6. The molecule has 3 heterocycles. The van der Waals surface area contributed by atoms with Crippen molar-refractivity contribution in [3.63, 3.8) is 0 Å². The lowest BCUT2D eigenvalue weighted by molar-refractivity contribution is 0.0917. The fourth-order valence-corrected chi connectivity index (χ4v) is 5.52. The van der Waals surface area contributed by atoms with Crippen LogP contribution in [0.4, 0.5) is 5.13 Å². The highest BCUT2D eigenvalue weighted by Crippen LogP contribution is 2.33. The van der Waals surface area contributed by atoms with Crippen LogP contribution in [0.5, 0.6) is 0 Å². The van der Waals surface area contributed by atoms with E-state index in [9.17, 15) is 4.79 Å². The Hall–Kier alpha value is -2.35. The van der Waals surface area contributed by atoms with Gasteiger partial charge < -0.3 is 4.74 Å². The molecular weight excluding hydrogens is 402 g/mol. The summed E-state index contributed by atoms with van der Waals surface area (Å²) in [6.45, 7) is 3.42. The SMILES string of the molecule is CCc1cccc2sc(N(CC3CCCO3)C(=O)c3ccc4ncsc4c3)nc12. The van der Waals surface area contributed by atoms with E-state index in [1.54, 1.807) is 22.7 Å². The lowest BCUT2D eigenvalue weighted by atomic mass is 10.1. The molecule has 1 aliphatic heterocycles. The summed E-state index contributed by atoms with van der Waals surface area (Å²) in [5.74, 6) is -0.0343.